The molecule has 0 fully saturated rings. The minimum absolute atomic E-state index is 0.321. The Labute approximate surface area is 238 Å². The van der Waals surface area contributed by atoms with Gasteiger partial charge in [-0.25, -0.2) is 0 Å². The van der Waals surface area contributed by atoms with Gasteiger partial charge in [0, 0.05) is 7.05 Å². The molecule has 2 atom stereocenters. The summed E-state index contributed by atoms with van der Waals surface area (Å²) in [5, 5.41) is 3.56. The first kappa shape index (κ1) is 30.6. The molecule has 4 nitrogen and oxygen atoms in total. The smallest absolute Gasteiger partial charge is 0.115 e. The predicted octanol–water partition coefficient (Wildman–Crippen LogP) is 8.67. The molecule has 0 aliphatic carbocycles. The van der Waals surface area contributed by atoms with Crippen molar-refractivity contribution < 1.29 is 9.22 Å². The summed E-state index contributed by atoms with van der Waals surface area (Å²) >= 11 is 0. The van der Waals surface area contributed by atoms with E-state index >= 15 is 0 Å². The SMILES string of the molecule is C=C(/C=C(\C=C(\C)C(C)CC)C(=C)CCC/C=C1/Nc2ccc(C)cc2N1C)C1=C(OC)CC[N+](C)(C)C1C. The number of nitrogens with zero attached hydrogens (tertiary/aromatic N) is 2. The molecular weight excluding hydrogens is 478 g/mol. The molecule has 1 N–H and O–H groups in total. The summed E-state index contributed by atoms with van der Waals surface area (Å²) in [6, 6.07) is 6.88. The number of benzene rings is 1. The molecule has 2 heterocycles. The second kappa shape index (κ2) is 12.9. The number of rotatable bonds is 11. The molecule has 0 saturated heterocycles. The number of quaternary nitrogens is 1. The Hall–Kier alpha value is -2.98. The zero-order chi connectivity index (χ0) is 28.9. The maximum absolute atomic E-state index is 5.86. The lowest BCUT2D eigenvalue weighted by Crippen LogP contribution is -2.51. The van der Waals surface area contributed by atoms with E-state index in [1.54, 1.807) is 7.11 Å². The van der Waals surface area contributed by atoms with E-state index in [1.807, 2.05) is 0 Å². The Kier molecular flexibility index (Phi) is 10.1. The number of ether oxygens (including phenoxy) is 1. The third-order valence-corrected chi connectivity index (χ3v) is 8.94. The first-order valence-electron chi connectivity index (χ1n) is 14.6. The third-order valence-electron chi connectivity index (χ3n) is 8.94. The minimum atomic E-state index is 0.321. The molecule has 0 bridgehead atoms. The number of nitrogens with one attached hydrogen (secondary N) is 1. The molecule has 39 heavy (non-hydrogen) atoms. The monoisotopic (exact) mass is 530 g/mol. The van der Waals surface area contributed by atoms with Crippen LogP contribution in [-0.4, -0.2) is 45.3 Å². The van der Waals surface area contributed by atoms with Crippen LogP contribution in [0.2, 0.25) is 0 Å². The number of hydrogen-bond donors (Lipinski definition) is 1. The summed E-state index contributed by atoms with van der Waals surface area (Å²) in [5.41, 5.74) is 9.72. The van der Waals surface area contributed by atoms with Crippen molar-refractivity contribution in [1.82, 2.24) is 0 Å². The van der Waals surface area contributed by atoms with Crippen molar-refractivity contribution in [1.29, 1.82) is 0 Å². The standard InChI is InChI=1S/C35H52N3O/c1-12-25(3)27(5)22-30(23-28(6)35-29(7)38(9,10)20-19-33(35)39-11)26(4)15-13-14-16-34-36-31-18-17-24(2)21-32(31)37(34)8/h16-18,21-23,25,29,36H,4,6,12-15,19-20H2,1-3,5,7-11H3/q+1/b27-22-,30-23+,34-16-. The van der Waals surface area contributed by atoms with Gasteiger partial charge in [0.2, 0.25) is 0 Å². The van der Waals surface area contributed by atoms with Gasteiger partial charge in [-0.2, -0.15) is 0 Å². The van der Waals surface area contributed by atoms with Gasteiger partial charge in [-0.15, -0.1) is 0 Å². The van der Waals surface area contributed by atoms with Gasteiger partial charge in [0.15, 0.2) is 0 Å². The number of methoxy groups -OCH3 is 1. The normalized spacial score (nSPS) is 21.1. The van der Waals surface area contributed by atoms with Crippen molar-refractivity contribution in [3.8, 4) is 0 Å². The maximum atomic E-state index is 5.86. The van der Waals surface area contributed by atoms with E-state index in [0.29, 0.717) is 12.0 Å². The molecular formula is C35H52N3O+. The fourth-order valence-electron chi connectivity index (χ4n) is 5.44. The molecule has 4 heteroatoms. The molecule has 2 unspecified atom stereocenters. The van der Waals surface area contributed by atoms with Gasteiger partial charge in [0.25, 0.3) is 0 Å². The quantitative estimate of drug-likeness (QED) is 0.176. The van der Waals surface area contributed by atoms with E-state index in [2.05, 4.69) is 116 Å². The molecule has 0 aromatic heterocycles. The van der Waals surface area contributed by atoms with Gasteiger partial charge in [-0.3, -0.25) is 0 Å². The zero-order valence-electron chi connectivity index (χ0n) is 26.1. The van der Waals surface area contributed by atoms with Gasteiger partial charge in [-0.1, -0.05) is 44.7 Å². The fourth-order valence-corrected chi connectivity index (χ4v) is 5.44. The molecule has 2 aliphatic rings. The lowest BCUT2D eigenvalue weighted by molar-refractivity contribution is -0.909. The number of anilines is 2. The Balaban J connectivity index is 1.78. The highest BCUT2D eigenvalue weighted by Crippen LogP contribution is 2.37. The lowest BCUT2D eigenvalue weighted by Gasteiger charge is -2.42. The van der Waals surface area contributed by atoms with Crippen LogP contribution in [0, 0.1) is 12.8 Å². The van der Waals surface area contributed by atoms with E-state index in [4.69, 9.17) is 4.74 Å². The van der Waals surface area contributed by atoms with Gasteiger partial charge in [-0.05, 0) is 98.9 Å². The minimum Gasteiger partial charge on any atom is -0.500 e. The average molecular weight is 531 g/mol. The average Bonchev–Trinajstić information content (AvgIpc) is 3.21. The second-order valence-corrected chi connectivity index (χ2v) is 12.1. The summed E-state index contributed by atoms with van der Waals surface area (Å²) in [7, 11) is 8.52. The molecule has 0 saturated carbocycles. The van der Waals surface area contributed by atoms with Crippen LogP contribution in [0.3, 0.4) is 0 Å². The Morgan fingerprint density at radius 2 is 1.97 bits per heavy atom. The molecule has 212 valence electrons. The van der Waals surface area contributed by atoms with E-state index in [0.717, 1.165) is 60.3 Å². The summed E-state index contributed by atoms with van der Waals surface area (Å²) in [4.78, 5) is 2.25. The number of hydrogen-bond acceptors (Lipinski definition) is 3. The van der Waals surface area contributed by atoms with Crippen LogP contribution in [0.1, 0.15) is 65.4 Å². The predicted molar refractivity (Wildman–Crippen MR) is 170 cm³/mol. The van der Waals surface area contributed by atoms with Crippen LogP contribution in [0.4, 0.5) is 11.4 Å². The zero-order valence-corrected chi connectivity index (χ0v) is 26.1. The fraction of sp³-hybridized carbons (Fsp3) is 0.486. The van der Waals surface area contributed by atoms with Crippen molar-refractivity contribution in [2.45, 2.75) is 72.8 Å². The lowest BCUT2D eigenvalue weighted by atomic mass is 9.88. The van der Waals surface area contributed by atoms with E-state index < -0.39 is 0 Å². The maximum Gasteiger partial charge on any atom is 0.115 e. The molecule has 0 spiro atoms. The van der Waals surface area contributed by atoms with Gasteiger partial charge in [0.1, 0.15) is 17.6 Å². The van der Waals surface area contributed by atoms with Crippen molar-refractivity contribution in [2.24, 2.45) is 5.92 Å². The highest BCUT2D eigenvalue weighted by molar-refractivity contribution is 5.80. The molecule has 2 aliphatic heterocycles. The summed E-state index contributed by atoms with van der Waals surface area (Å²) in [5.74, 6) is 2.76. The molecule has 1 aromatic rings. The summed E-state index contributed by atoms with van der Waals surface area (Å²) in [6.07, 6.45) is 11.9. The molecule has 0 radical (unpaired) electrons. The first-order valence-corrected chi connectivity index (χ1v) is 14.6. The molecule has 0 amide bonds. The second-order valence-electron chi connectivity index (χ2n) is 12.1. The van der Waals surface area contributed by atoms with E-state index in [1.165, 1.54) is 39.2 Å². The van der Waals surface area contributed by atoms with Gasteiger partial charge >= 0.3 is 0 Å². The van der Waals surface area contributed by atoms with E-state index in [-0.39, 0.29) is 0 Å². The first-order chi connectivity index (χ1) is 18.4. The Morgan fingerprint density at radius 1 is 1.26 bits per heavy atom. The topological polar surface area (TPSA) is 24.5 Å². The largest absolute Gasteiger partial charge is 0.500 e. The molecule has 1 aromatic carbocycles. The van der Waals surface area contributed by atoms with Crippen LogP contribution in [0.5, 0.6) is 0 Å². The van der Waals surface area contributed by atoms with Crippen molar-refractivity contribution in [3.05, 3.63) is 94.6 Å². The van der Waals surface area contributed by atoms with Crippen molar-refractivity contribution in [2.75, 3.05) is 45.0 Å². The van der Waals surface area contributed by atoms with Crippen LogP contribution in [0.15, 0.2) is 89.0 Å². The Bertz CT molecular complexity index is 1210. The number of likely N-dealkylation sites (N-methyl/N-ethyl adjacent to an activating group) is 1. The van der Waals surface area contributed by atoms with Gasteiger partial charge in [0.05, 0.1) is 51.1 Å². The van der Waals surface area contributed by atoms with E-state index in [9.17, 15) is 0 Å². The van der Waals surface area contributed by atoms with Gasteiger partial charge < -0.3 is 19.4 Å². The number of fused-ring (bicyclic) bond motifs is 1. The Morgan fingerprint density at radius 3 is 2.64 bits per heavy atom. The molecule has 3 rings (SSSR count). The number of allylic oxidation sites excluding steroid dienone is 6. The number of unbranched alkanes of at least 4 members (excludes halogenated alkanes) is 1. The van der Waals surface area contributed by atoms with Crippen LogP contribution in [0.25, 0.3) is 0 Å². The van der Waals surface area contributed by atoms with Crippen molar-refractivity contribution >= 4 is 11.4 Å². The van der Waals surface area contributed by atoms with Crippen molar-refractivity contribution in [3.63, 3.8) is 0 Å². The van der Waals surface area contributed by atoms with Crippen LogP contribution in [-0.2, 0) is 4.74 Å². The summed E-state index contributed by atoms with van der Waals surface area (Å²) in [6.45, 7) is 21.4. The van der Waals surface area contributed by atoms with Crippen LogP contribution < -0.4 is 10.2 Å². The third kappa shape index (κ3) is 7.16. The number of aryl methyl sites for hydroxylation is 1. The summed E-state index contributed by atoms with van der Waals surface area (Å²) < 4.78 is 6.80. The highest BCUT2D eigenvalue weighted by Gasteiger charge is 2.35. The van der Waals surface area contributed by atoms with Crippen LogP contribution >= 0.6 is 0 Å². The highest BCUT2D eigenvalue weighted by atomic mass is 16.5.